The Labute approximate surface area is 267 Å². The summed E-state index contributed by atoms with van der Waals surface area (Å²) in [6.45, 7) is 8.20. The summed E-state index contributed by atoms with van der Waals surface area (Å²) in [5.41, 5.74) is 0. The van der Waals surface area contributed by atoms with E-state index in [1.54, 1.807) is 0 Å². The molecule has 43 heavy (non-hydrogen) atoms. The Morgan fingerprint density at radius 3 is 1.56 bits per heavy atom. The highest BCUT2D eigenvalue weighted by Crippen LogP contribution is 2.26. The molecule has 0 amide bonds. The molecular weight excluding hydrogens is 538 g/mol. The number of carbonyl (C=O) groups excluding carboxylic acids is 2. The van der Waals surface area contributed by atoms with E-state index in [0.29, 0.717) is 32.0 Å². The zero-order valence-corrected chi connectivity index (χ0v) is 29.2. The summed E-state index contributed by atoms with van der Waals surface area (Å²) in [5.74, 6) is 0.390. The first-order chi connectivity index (χ1) is 21.1. The van der Waals surface area contributed by atoms with Gasteiger partial charge in [0.2, 0.25) is 0 Å². The van der Waals surface area contributed by atoms with Gasteiger partial charge in [0.1, 0.15) is 6.10 Å². The van der Waals surface area contributed by atoms with Crippen LogP contribution in [0.25, 0.3) is 0 Å². The molecular formula is C37H73NO5. The van der Waals surface area contributed by atoms with E-state index in [1.165, 1.54) is 128 Å². The zero-order chi connectivity index (χ0) is 31.6. The topological polar surface area (TPSA) is 73.9 Å². The van der Waals surface area contributed by atoms with Crippen molar-refractivity contribution in [2.75, 3.05) is 26.8 Å². The highest BCUT2D eigenvalue weighted by molar-refractivity contribution is 5.69. The second-order valence-corrected chi connectivity index (χ2v) is 12.7. The van der Waals surface area contributed by atoms with Crippen LogP contribution in [0.3, 0.4) is 0 Å². The molecule has 0 fully saturated rings. The number of carbonyl (C=O) groups is 2. The number of ether oxygens (including phenoxy) is 3. The normalized spacial score (nSPS) is 12.7. The minimum Gasteiger partial charge on any atom is -0.466 e. The fourth-order valence-electron chi connectivity index (χ4n) is 5.76. The van der Waals surface area contributed by atoms with Crippen molar-refractivity contribution in [1.82, 2.24) is 5.32 Å². The average molecular weight is 612 g/mol. The Balaban J connectivity index is 4.86. The van der Waals surface area contributed by atoms with Crippen LogP contribution in [0, 0.1) is 5.92 Å². The minimum absolute atomic E-state index is 0.131. The maximum absolute atomic E-state index is 12.5. The van der Waals surface area contributed by atoms with Crippen molar-refractivity contribution in [3.05, 3.63) is 0 Å². The fraction of sp³-hybridized carbons (Fsp3) is 0.946. The molecule has 2 atom stereocenters. The van der Waals surface area contributed by atoms with Crippen molar-refractivity contribution in [1.29, 1.82) is 0 Å². The number of unbranched alkanes of at least 4 members (excludes halogenated alkanes) is 17. The van der Waals surface area contributed by atoms with Gasteiger partial charge in [0.25, 0.3) is 0 Å². The van der Waals surface area contributed by atoms with E-state index in [0.717, 1.165) is 32.2 Å². The molecule has 6 heteroatoms. The molecule has 0 radical (unpaired) electrons. The molecule has 256 valence electrons. The van der Waals surface area contributed by atoms with Crippen LogP contribution >= 0.6 is 0 Å². The van der Waals surface area contributed by atoms with Gasteiger partial charge in [-0.15, -0.1) is 0 Å². The van der Waals surface area contributed by atoms with E-state index in [-0.39, 0.29) is 12.1 Å². The van der Waals surface area contributed by atoms with Gasteiger partial charge in [-0.25, -0.2) is 4.79 Å². The fourth-order valence-corrected chi connectivity index (χ4v) is 5.76. The Morgan fingerprint density at radius 2 is 1.05 bits per heavy atom. The third-order valence-corrected chi connectivity index (χ3v) is 8.52. The van der Waals surface area contributed by atoms with Crippen LogP contribution in [-0.4, -0.2) is 45.0 Å². The molecule has 0 aliphatic carbocycles. The third kappa shape index (κ3) is 30.5. The largest absolute Gasteiger partial charge is 0.508 e. The van der Waals surface area contributed by atoms with Crippen molar-refractivity contribution in [3.8, 4) is 0 Å². The van der Waals surface area contributed by atoms with Gasteiger partial charge in [-0.05, 0) is 38.8 Å². The maximum Gasteiger partial charge on any atom is 0.508 e. The number of esters is 1. The van der Waals surface area contributed by atoms with E-state index in [9.17, 15) is 9.59 Å². The van der Waals surface area contributed by atoms with E-state index in [4.69, 9.17) is 14.2 Å². The van der Waals surface area contributed by atoms with Crippen molar-refractivity contribution < 1.29 is 23.8 Å². The molecule has 0 heterocycles. The van der Waals surface area contributed by atoms with Crippen LogP contribution in [-0.2, 0) is 19.0 Å². The predicted octanol–water partition coefficient (Wildman–Crippen LogP) is 11.1. The van der Waals surface area contributed by atoms with Gasteiger partial charge >= 0.3 is 12.1 Å². The second kappa shape index (κ2) is 33.6. The maximum atomic E-state index is 12.5. The van der Waals surface area contributed by atoms with Crippen LogP contribution in [0.2, 0.25) is 0 Å². The smallest absolute Gasteiger partial charge is 0.466 e. The van der Waals surface area contributed by atoms with Crippen LogP contribution in [0.5, 0.6) is 0 Å². The molecule has 0 aromatic rings. The van der Waals surface area contributed by atoms with E-state index in [1.807, 2.05) is 7.05 Å². The number of nitrogens with one attached hydrogen (secondary N) is 1. The molecule has 0 aliphatic heterocycles. The summed E-state index contributed by atoms with van der Waals surface area (Å²) in [7, 11) is 1.89. The van der Waals surface area contributed by atoms with Crippen molar-refractivity contribution in [2.45, 2.75) is 194 Å². The quantitative estimate of drug-likeness (QED) is 0.0588. The Bertz CT molecular complexity index is 600. The van der Waals surface area contributed by atoms with Gasteiger partial charge < -0.3 is 19.5 Å². The zero-order valence-electron chi connectivity index (χ0n) is 29.2. The van der Waals surface area contributed by atoms with Crippen molar-refractivity contribution in [3.63, 3.8) is 0 Å². The molecule has 6 nitrogen and oxygen atoms in total. The standard InChI is InChI=1S/C37H73NO5/c1-5-8-11-14-17-20-23-27-34(26-22-19-16-13-10-7-3)33-35(43-37(40)42-31-25-30-38-4)29-32-41-36(39)28-24-21-18-15-12-9-6-2/h34-35,38H,5-33H2,1-4H3. The van der Waals surface area contributed by atoms with Gasteiger partial charge in [-0.1, -0.05) is 156 Å². The van der Waals surface area contributed by atoms with Gasteiger partial charge in [0.15, 0.2) is 0 Å². The van der Waals surface area contributed by atoms with Crippen LogP contribution < -0.4 is 5.32 Å². The summed E-state index contributed by atoms with van der Waals surface area (Å²) >= 11 is 0. The van der Waals surface area contributed by atoms with Crippen LogP contribution in [0.15, 0.2) is 0 Å². The SMILES string of the molecule is CCCCCCCCCC(=O)OCCC(CC(CCCCCCCC)CCCCCCCCC)OC(=O)OCCCNC. The monoisotopic (exact) mass is 612 g/mol. The van der Waals surface area contributed by atoms with Crippen LogP contribution in [0.4, 0.5) is 4.79 Å². The summed E-state index contributed by atoms with van der Waals surface area (Å²) in [6, 6.07) is 0. The lowest BCUT2D eigenvalue weighted by Crippen LogP contribution is -2.25. The molecule has 2 unspecified atom stereocenters. The first-order valence-electron chi connectivity index (χ1n) is 18.7. The third-order valence-electron chi connectivity index (χ3n) is 8.52. The van der Waals surface area contributed by atoms with E-state index >= 15 is 0 Å². The highest BCUT2D eigenvalue weighted by Gasteiger charge is 2.22. The number of hydrogen-bond donors (Lipinski definition) is 1. The second-order valence-electron chi connectivity index (χ2n) is 12.7. The molecule has 0 aromatic carbocycles. The summed E-state index contributed by atoms with van der Waals surface area (Å²) in [4.78, 5) is 24.9. The molecule has 0 aliphatic rings. The molecule has 0 saturated carbocycles. The summed E-state index contributed by atoms with van der Waals surface area (Å²) in [5, 5.41) is 3.07. The minimum atomic E-state index is -0.593. The summed E-state index contributed by atoms with van der Waals surface area (Å²) in [6.07, 6.45) is 29.3. The lowest BCUT2D eigenvalue weighted by atomic mass is 9.88. The Kier molecular flexibility index (Phi) is 32.6. The first kappa shape index (κ1) is 41.7. The Hall–Kier alpha value is -1.30. The van der Waals surface area contributed by atoms with Gasteiger partial charge in [-0.3, -0.25) is 4.79 Å². The lowest BCUT2D eigenvalue weighted by Gasteiger charge is -2.24. The van der Waals surface area contributed by atoms with Gasteiger partial charge in [0, 0.05) is 12.8 Å². The van der Waals surface area contributed by atoms with E-state index in [2.05, 4.69) is 26.1 Å². The van der Waals surface area contributed by atoms with E-state index < -0.39 is 6.16 Å². The van der Waals surface area contributed by atoms with Gasteiger partial charge in [0.05, 0.1) is 13.2 Å². The van der Waals surface area contributed by atoms with Gasteiger partial charge in [-0.2, -0.15) is 0 Å². The molecule has 0 aromatic heterocycles. The lowest BCUT2D eigenvalue weighted by molar-refractivity contribution is -0.144. The first-order valence-corrected chi connectivity index (χ1v) is 18.7. The Morgan fingerprint density at radius 1 is 0.558 bits per heavy atom. The molecule has 0 bridgehead atoms. The number of rotatable bonds is 33. The molecule has 0 rings (SSSR count). The molecule has 0 spiro atoms. The van der Waals surface area contributed by atoms with Crippen molar-refractivity contribution in [2.24, 2.45) is 5.92 Å². The highest BCUT2D eigenvalue weighted by atomic mass is 16.7. The predicted molar refractivity (Wildman–Crippen MR) is 182 cm³/mol. The summed E-state index contributed by atoms with van der Waals surface area (Å²) < 4.78 is 16.8. The molecule has 1 N–H and O–H groups in total. The van der Waals surface area contributed by atoms with Crippen molar-refractivity contribution >= 4 is 12.1 Å². The van der Waals surface area contributed by atoms with Crippen LogP contribution in [0.1, 0.15) is 188 Å². The molecule has 0 saturated heterocycles. The number of hydrogen-bond acceptors (Lipinski definition) is 6. The average Bonchev–Trinajstić information content (AvgIpc) is 2.99.